The maximum atomic E-state index is 11.6. The second-order valence-electron chi connectivity index (χ2n) is 6.80. The van der Waals surface area contributed by atoms with Gasteiger partial charge in [-0.25, -0.2) is 8.42 Å². The smallest absolute Gasteiger partial charge is 0.191 e. The van der Waals surface area contributed by atoms with Crippen LogP contribution in [0.5, 0.6) is 11.5 Å². The summed E-state index contributed by atoms with van der Waals surface area (Å²) in [7, 11) is -1.25. The second-order valence-corrected chi connectivity index (χ2v) is 9.03. The van der Waals surface area contributed by atoms with Crippen molar-refractivity contribution >= 4 is 15.8 Å². The summed E-state index contributed by atoms with van der Waals surface area (Å²) in [5, 5.41) is 6.44. The quantitative estimate of drug-likeness (QED) is 0.590. The first-order chi connectivity index (χ1) is 12.4. The number of ether oxygens (including phenoxy) is 2. The molecule has 0 saturated carbocycles. The molecule has 2 heterocycles. The van der Waals surface area contributed by atoms with Crippen LogP contribution in [0.4, 0.5) is 0 Å². The summed E-state index contributed by atoms with van der Waals surface area (Å²) in [6.07, 6.45) is 1.68. The summed E-state index contributed by atoms with van der Waals surface area (Å²) in [5.74, 6) is 2.72. The van der Waals surface area contributed by atoms with E-state index in [0.717, 1.165) is 23.5 Å². The number of rotatable bonds is 5. The first-order valence-corrected chi connectivity index (χ1v) is 10.8. The molecule has 2 N–H and O–H groups in total. The molecule has 8 heteroatoms. The highest BCUT2D eigenvalue weighted by atomic mass is 32.2. The van der Waals surface area contributed by atoms with Gasteiger partial charge in [0.1, 0.15) is 17.6 Å². The Labute approximate surface area is 155 Å². The number of hydrogen-bond acceptors (Lipinski definition) is 5. The van der Waals surface area contributed by atoms with E-state index in [4.69, 9.17) is 9.47 Å². The highest BCUT2D eigenvalue weighted by Gasteiger charge is 2.28. The van der Waals surface area contributed by atoms with E-state index in [0.29, 0.717) is 25.5 Å². The van der Waals surface area contributed by atoms with Crippen molar-refractivity contribution in [3.63, 3.8) is 0 Å². The number of hydrogen-bond donors (Lipinski definition) is 2. The summed E-state index contributed by atoms with van der Waals surface area (Å²) >= 11 is 0. The number of sulfone groups is 1. The Hall–Kier alpha value is -1.96. The van der Waals surface area contributed by atoms with Gasteiger partial charge in [-0.2, -0.15) is 0 Å². The topological polar surface area (TPSA) is 89.0 Å². The molecule has 1 aromatic carbocycles. The van der Waals surface area contributed by atoms with Gasteiger partial charge in [-0.15, -0.1) is 0 Å². The van der Waals surface area contributed by atoms with E-state index < -0.39 is 9.84 Å². The molecule has 1 aromatic rings. The van der Waals surface area contributed by atoms with Crippen LogP contribution in [0.3, 0.4) is 0 Å². The predicted octanol–water partition coefficient (Wildman–Crippen LogP) is 1.26. The van der Waals surface area contributed by atoms with Gasteiger partial charge in [-0.3, -0.25) is 4.99 Å². The van der Waals surface area contributed by atoms with Crippen molar-refractivity contribution in [2.45, 2.75) is 45.4 Å². The van der Waals surface area contributed by atoms with Gasteiger partial charge in [0.15, 0.2) is 15.8 Å². The number of nitrogens with zero attached hydrogens (tertiary/aromatic N) is 1. The molecule has 0 aromatic heterocycles. The summed E-state index contributed by atoms with van der Waals surface area (Å²) in [6.45, 7) is 5.12. The molecule has 144 valence electrons. The Bertz CT molecular complexity index is 792. The summed E-state index contributed by atoms with van der Waals surface area (Å²) in [6, 6.07) is 3.98. The molecule has 0 bridgehead atoms. The number of fused-ring (bicyclic) bond motifs is 1. The molecule has 2 atom stereocenters. The van der Waals surface area contributed by atoms with Crippen LogP contribution in [-0.4, -0.2) is 51.7 Å². The molecule has 0 aliphatic carbocycles. The van der Waals surface area contributed by atoms with Crippen molar-refractivity contribution in [1.29, 1.82) is 0 Å². The van der Waals surface area contributed by atoms with E-state index in [1.165, 1.54) is 5.56 Å². The zero-order valence-electron chi connectivity index (χ0n) is 15.5. The summed E-state index contributed by atoms with van der Waals surface area (Å²) < 4.78 is 34.9. The van der Waals surface area contributed by atoms with Gasteiger partial charge >= 0.3 is 0 Å². The van der Waals surface area contributed by atoms with Crippen molar-refractivity contribution in [2.75, 3.05) is 25.2 Å². The lowest BCUT2D eigenvalue weighted by atomic mass is 10.1. The largest absolute Gasteiger partial charge is 0.494 e. The van der Waals surface area contributed by atoms with Gasteiger partial charge in [0, 0.05) is 37.2 Å². The molecule has 0 amide bonds. The van der Waals surface area contributed by atoms with E-state index in [1.54, 1.807) is 7.05 Å². The summed E-state index contributed by atoms with van der Waals surface area (Å²) in [4.78, 5) is 4.20. The third-order valence-corrected chi connectivity index (χ3v) is 6.39. The highest BCUT2D eigenvalue weighted by molar-refractivity contribution is 7.91. The zero-order chi connectivity index (χ0) is 18.7. The van der Waals surface area contributed by atoms with Crippen molar-refractivity contribution < 1.29 is 17.9 Å². The van der Waals surface area contributed by atoms with Crippen LogP contribution in [0.15, 0.2) is 17.1 Å². The van der Waals surface area contributed by atoms with E-state index in [-0.39, 0.29) is 23.7 Å². The monoisotopic (exact) mass is 381 g/mol. The van der Waals surface area contributed by atoms with Gasteiger partial charge in [-0.05, 0) is 32.4 Å². The molecule has 26 heavy (non-hydrogen) atoms. The van der Waals surface area contributed by atoms with E-state index in [2.05, 4.69) is 28.6 Å². The second kappa shape index (κ2) is 7.73. The maximum Gasteiger partial charge on any atom is 0.191 e. The number of guanidine groups is 1. The van der Waals surface area contributed by atoms with Gasteiger partial charge in [0.25, 0.3) is 0 Å². The van der Waals surface area contributed by atoms with E-state index in [9.17, 15) is 8.42 Å². The molecular weight excluding hydrogens is 354 g/mol. The number of aliphatic imine (C=N–C) groups is 1. The minimum absolute atomic E-state index is 0.0956. The van der Waals surface area contributed by atoms with Crippen molar-refractivity contribution in [2.24, 2.45) is 4.99 Å². The minimum Gasteiger partial charge on any atom is -0.494 e. The van der Waals surface area contributed by atoms with Gasteiger partial charge in [0.2, 0.25) is 0 Å². The average molecular weight is 381 g/mol. The molecule has 1 saturated heterocycles. The zero-order valence-corrected chi connectivity index (χ0v) is 16.4. The van der Waals surface area contributed by atoms with Crippen LogP contribution >= 0.6 is 0 Å². The average Bonchev–Trinajstić information content (AvgIpc) is 3.11. The fraction of sp³-hybridized carbons (Fsp3) is 0.611. The Morgan fingerprint density at radius 3 is 2.88 bits per heavy atom. The molecule has 2 aliphatic heterocycles. The SMILES string of the molecule is CCOc1cc2c(cc1CNC(=NC)NC1CCS(=O)(=O)C1)OC(C)C2. The van der Waals surface area contributed by atoms with Crippen LogP contribution in [0, 0.1) is 0 Å². The van der Waals surface area contributed by atoms with Crippen molar-refractivity contribution in [1.82, 2.24) is 10.6 Å². The van der Waals surface area contributed by atoms with Gasteiger partial charge < -0.3 is 20.1 Å². The van der Waals surface area contributed by atoms with Crippen LogP contribution in [-0.2, 0) is 22.8 Å². The lowest BCUT2D eigenvalue weighted by Crippen LogP contribution is -2.43. The molecule has 1 fully saturated rings. The Balaban J connectivity index is 1.67. The van der Waals surface area contributed by atoms with Crippen LogP contribution in [0.25, 0.3) is 0 Å². The highest BCUT2D eigenvalue weighted by Crippen LogP contribution is 2.35. The van der Waals surface area contributed by atoms with Crippen molar-refractivity contribution in [3.05, 3.63) is 23.3 Å². The lowest BCUT2D eigenvalue weighted by molar-refractivity contribution is 0.254. The van der Waals surface area contributed by atoms with Crippen LogP contribution in [0.2, 0.25) is 0 Å². The van der Waals surface area contributed by atoms with Crippen LogP contribution in [0.1, 0.15) is 31.4 Å². The molecular formula is C18H27N3O4S. The lowest BCUT2D eigenvalue weighted by Gasteiger charge is -2.18. The fourth-order valence-corrected chi connectivity index (χ4v) is 5.06. The first kappa shape index (κ1) is 18.8. The molecule has 0 spiro atoms. The third-order valence-electron chi connectivity index (χ3n) is 4.62. The predicted molar refractivity (Wildman–Crippen MR) is 102 cm³/mol. The number of benzene rings is 1. The normalized spacial score (nSPS) is 24.0. The Morgan fingerprint density at radius 1 is 1.42 bits per heavy atom. The molecule has 3 rings (SSSR count). The first-order valence-electron chi connectivity index (χ1n) is 9.03. The molecule has 2 unspecified atom stereocenters. The Morgan fingerprint density at radius 2 is 2.23 bits per heavy atom. The Kier molecular flexibility index (Phi) is 5.60. The molecule has 7 nitrogen and oxygen atoms in total. The molecule has 0 radical (unpaired) electrons. The minimum atomic E-state index is -2.92. The fourth-order valence-electron chi connectivity index (χ4n) is 3.39. The maximum absolute atomic E-state index is 11.6. The van der Waals surface area contributed by atoms with Crippen LogP contribution < -0.4 is 20.1 Å². The van der Waals surface area contributed by atoms with Gasteiger partial charge in [-0.1, -0.05) is 0 Å². The standard InChI is InChI=1S/C18H27N3O4S/c1-4-24-16-8-13-7-12(2)25-17(13)9-14(16)10-20-18(19-3)21-15-5-6-26(22,23)11-15/h8-9,12,15H,4-7,10-11H2,1-3H3,(H2,19,20,21). The summed E-state index contributed by atoms with van der Waals surface area (Å²) in [5.41, 5.74) is 2.16. The third kappa shape index (κ3) is 4.41. The van der Waals surface area contributed by atoms with Gasteiger partial charge in [0.05, 0.1) is 18.1 Å². The van der Waals surface area contributed by atoms with E-state index >= 15 is 0 Å². The van der Waals surface area contributed by atoms with E-state index in [1.807, 2.05) is 13.0 Å². The molecule has 2 aliphatic rings. The number of nitrogens with one attached hydrogen (secondary N) is 2. The van der Waals surface area contributed by atoms with Crippen molar-refractivity contribution in [3.8, 4) is 11.5 Å².